The van der Waals surface area contributed by atoms with E-state index < -0.39 is 5.63 Å². The van der Waals surface area contributed by atoms with E-state index in [0.717, 1.165) is 19.6 Å². The monoisotopic (exact) mass is 326 g/mol. The number of piperazine rings is 1. The Labute approximate surface area is 141 Å². The third-order valence-corrected chi connectivity index (χ3v) is 4.46. The van der Waals surface area contributed by atoms with Crippen LogP contribution >= 0.6 is 0 Å². The molecule has 0 atom stereocenters. The van der Waals surface area contributed by atoms with Gasteiger partial charge < -0.3 is 9.32 Å². The molecule has 1 amide bonds. The van der Waals surface area contributed by atoms with Crippen LogP contribution in [0.5, 0.6) is 0 Å². The summed E-state index contributed by atoms with van der Waals surface area (Å²) in [5.41, 5.74) is 2.08. The lowest BCUT2D eigenvalue weighted by Gasteiger charge is -2.35. The average molecular weight is 326 g/mol. The van der Waals surface area contributed by atoms with Crippen molar-refractivity contribution in [3.8, 4) is 0 Å². The summed E-state index contributed by atoms with van der Waals surface area (Å²) < 4.78 is 5.09. The summed E-state index contributed by atoms with van der Waals surface area (Å²) in [5, 5.41) is 0. The van der Waals surface area contributed by atoms with Crippen LogP contribution < -0.4 is 5.63 Å². The van der Waals surface area contributed by atoms with Crippen LogP contribution in [-0.2, 0) is 6.54 Å². The molecule has 24 heavy (non-hydrogen) atoms. The van der Waals surface area contributed by atoms with Crippen LogP contribution in [0, 0.1) is 13.8 Å². The second-order valence-electron chi connectivity index (χ2n) is 6.23. The van der Waals surface area contributed by atoms with Crippen LogP contribution in [-0.4, -0.2) is 41.9 Å². The van der Waals surface area contributed by atoms with Crippen LogP contribution in [0.1, 0.15) is 27.2 Å². The second-order valence-corrected chi connectivity index (χ2v) is 6.23. The van der Waals surface area contributed by atoms with Gasteiger partial charge in [-0.1, -0.05) is 30.3 Å². The zero-order chi connectivity index (χ0) is 17.1. The van der Waals surface area contributed by atoms with E-state index in [1.54, 1.807) is 13.8 Å². The summed E-state index contributed by atoms with van der Waals surface area (Å²) in [6.07, 6.45) is 0. The fourth-order valence-corrected chi connectivity index (χ4v) is 3.19. The number of hydrogen-bond acceptors (Lipinski definition) is 4. The molecule has 1 saturated heterocycles. The van der Waals surface area contributed by atoms with Gasteiger partial charge in [0.15, 0.2) is 0 Å². The normalized spacial score (nSPS) is 15.5. The number of hydrogen-bond donors (Lipinski definition) is 0. The lowest BCUT2D eigenvalue weighted by Crippen LogP contribution is -2.48. The first-order valence-electron chi connectivity index (χ1n) is 8.21. The Morgan fingerprint density at radius 3 is 2.38 bits per heavy atom. The maximum atomic E-state index is 12.8. The number of carbonyl (C=O) groups is 1. The van der Waals surface area contributed by atoms with Gasteiger partial charge in [0.1, 0.15) is 5.76 Å². The fraction of sp³-hybridized carbons (Fsp3) is 0.368. The molecule has 1 fully saturated rings. The van der Waals surface area contributed by atoms with Crippen LogP contribution in [0.2, 0.25) is 0 Å². The molecule has 0 spiro atoms. The quantitative estimate of drug-likeness (QED) is 0.868. The smallest absolute Gasteiger partial charge is 0.336 e. The molecule has 2 heterocycles. The lowest BCUT2D eigenvalue weighted by atomic mass is 10.1. The Morgan fingerprint density at radius 2 is 1.75 bits per heavy atom. The number of amides is 1. The molecule has 0 bridgehead atoms. The highest BCUT2D eigenvalue weighted by Crippen LogP contribution is 2.16. The summed E-state index contributed by atoms with van der Waals surface area (Å²) in [7, 11) is 0. The highest BCUT2D eigenvalue weighted by Gasteiger charge is 2.25. The number of aryl methyl sites for hydroxylation is 2. The van der Waals surface area contributed by atoms with Gasteiger partial charge in [-0.2, -0.15) is 0 Å². The number of nitrogens with zero attached hydrogens (tertiary/aromatic N) is 2. The molecule has 0 aliphatic carbocycles. The van der Waals surface area contributed by atoms with Crippen LogP contribution in [0.3, 0.4) is 0 Å². The van der Waals surface area contributed by atoms with Crippen molar-refractivity contribution in [1.82, 2.24) is 9.80 Å². The summed E-state index contributed by atoms with van der Waals surface area (Å²) in [6.45, 7) is 7.41. The highest BCUT2D eigenvalue weighted by atomic mass is 16.4. The summed E-state index contributed by atoms with van der Waals surface area (Å²) in [4.78, 5) is 28.3. The third-order valence-electron chi connectivity index (χ3n) is 4.46. The predicted octanol–water partition coefficient (Wildman–Crippen LogP) is 2.21. The third kappa shape index (κ3) is 3.57. The maximum absolute atomic E-state index is 12.8. The molecular weight excluding hydrogens is 304 g/mol. The first kappa shape index (κ1) is 16.5. The molecule has 1 aliphatic rings. The van der Waals surface area contributed by atoms with E-state index >= 15 is 0 Å². The van der Waals surface area contributed by atoms with Crippen LogP contribution in [0.15, 0.2) is 45.6 Å². The fourth-order valence-electron chi connectivity index (χ4n) is 3.19. The minimum atomic E-state index is -0.408. The molecule has 5 nitrogen and oxygen atoms in total. The van der Waals surface area contributed by atoms with Crippen molar-refractivity contribution < 1.29 is 9.21 Å². The summed E-state index contributed by atoms with van der Waals surface area (Å²) >= 11 is 0. The van der Waals surface area contributed by atoms with Crippen LogP contribution in [0.25, 0.3) is 0 Å². The van der Waals surface area contributed by atoms with Crippen molar-refractivity contribution in [2.24, 2.45) is 0 Å². The van der Waals surface area contributed by atoms with Crippen molar-refractivity contribution in [2.75, 3.05) is 26.2 Å². The Morgan fingerprint density at radius 1 is 1.08 bits per heavy atom. The molecule has 1 aromatic carbocycles. The van der Waals surface area contributed by atoms with Gasteiger partial charge in [-0.15, -0.1) is 0 Å². The summed E-state index contributed by atoms with van der Waals surface area (Å²) in [5.74, 6) is 0.352. The van der Waals surface area contributed by atoms with Crippen molar-refractivity contribution in [2.45, 2.75) is 20.4 Å². The van der Waals surface area contributed by atoms with E-state index in [4.69, 9.17) is 4.42 Å². The van der Waals surface area contributed by atoms with Gasteiger partial charge in [-0.3, -0.25) is 9.69 Å². The van der Waals surface area contributed by atoms with E-state index in [1.807, 2.05) is 23.1 Å². The van der Waals surface area contributed by atoms with Crippen molar-refractivity contribution in [3.63, 3.8) is 0 Å². The van der Waals surface area contributed by atoms with E-state index in [2.05, 4.69) is 17.0 Å². The topological polar surface area (TPSA) is 53.8 Å². The molecule has 0 N–H and O–H groups in total. The number of rotatable bonds is 3. The van der Waals surface area contributed by atoms with Gasteiger partial charge in [0, 0.05) is 38.8 Å². The second kappa shape index (κ2) is 7.01. The molecule has 0 radical (unpaired) electrons. The minimum absolute atomic E-state index is 0.0480. The Balaban J connectivity index is 1.64. The summed E-state index contributed by atoms with van der Waals surface area (Å²) in [6, 6.07) is 11.7. The van der Waals surface area contributed by atoms with Gasteiger partial charge in [-0.05, 0) is 25.0 Å². The zero-order valence-corrected chi connectivity index (χ0v) is 14.1. The average Bonchev–Trinajstić information content (AvgIpc) is 2.55. The molecular formula is C19H22N2O3. The first-order chi connectivity index (χ1) is 11.5. The standard InChI is InChI=1S/C19H22N2O3/c1-14-12-17(22)24-15(2)18(14)19(23)21-10-8-20(9-11-21)13-16-6-4-3-5-7-16/h3-7,12H,8-11,13H2,1-2H3. The van der Waals surface area contributed by atoms with Gasteiger partial charge in [0.2, 0.25) is 0 Å². The van der Waals surface area contributed by atoms with Gasteiger partial charge in [0.25, 0.3) is 5.91 Å². The SMILES string of the molecule is Cc1cc(=O)oc(C)c1C(=O)N1CCN(Cc2ccccc2)CC1. The number of benzene rings is 1. The molecule has 126 valence electrons. The highest BCUT2D eigenvalue weighted by molar-refractivity contribution is 5.96. The predicted molar refractivity (Wildman–Crippen MR) is 92.1 cm³/mol. The van der Waals surface area contributed by atoms with Crippen molar-refractivity contribution >= 4 is 5.91 Å². The largest absolute Gasteiger partial charge is 0.427 e. The minimum Gasteiger partial charge on any atom is -0.427 e. The molecule has 0 saturated carbocycles. The molecule has 2 aromatic rings. The molecule has 0 unspecified atom stereocenters. The van der Waals surface area contributed by atoms with E-state index in [0.29, 0.717) is 30.0 Å². The van der Waals surface area contributed by atoms with Crippen LogP contribution in [0.4, 0.5) is 0 Å². The Hall–Kier alpha value is -2.40. The van der Waals surface area contributed by atoms with E-state index in [1.165, 1.54) is 11.6 Å². The first-order valence-corrected chi connectivity index (χ1v) is 8.21. The van der Waals surface area contributed by atoms with Crippen molar-refractivity contribution in [3.05, 3.63) is 69.3 Å². The maximum Gasteiger partial charge on any atom is 0.336 e. The lowest BCUT2D eigenvalue weighted by molar-refractivity contribution is 0.0623. The molecule has 1 aromatic heterocycles. The van der Waals surface area contributed by atoms with Gasteiger partial charge >= 0.3 is 5.63 Å². The molecule has 1 aliphatic heterocycles. The Bertz CT molecular complexity index is 749. The zero-order valence-electron chi connectivity index (χ0n) is 14.1. The van der Waals surface area contributed by atoms with Gasteiger partial charge in [0.05, 0.1) is 5.56 Å². The molecule has 5 heteroatoms. The number of carbonyl (C=O) groups excluding carboxylic acids is 1. The van der Waals surface area contributed by atoms with E-state index in [-0.39, 0.29) is 5.91 Å². The van der Waals surface area contributed by atoms with E-state index in [9.17, 15) is 9.59 Å². The van der Waals surface area contributed by atoms with Gasteiger partial charge in [-0.25, -0.2) is 4.79 Å². The Kier molecular flexibility index (Phi) is 4.81. The molecule has 3 rings (SSSR count). The van der Waals surface area contributed by atoms with Crippen molar-refractivity contribution in [1.29, 1.82) is 0 Å².